The molecule has 0 N–H and O–H groups in total. The van der Waals surface area contributed by atoms with Gasteiger partial charge < -0.3 is 0 Å². The van der Waals surface area contributed by atoms with Crippen LogP contribution in [0.25, 0.3) is 39.5 Å². The number of hydrogen-bond donors (Lipinski definition) is 0. The van der Waals surface area contributed by atoms with Crippen LogP contribution in [0.1, 0.15) is 0 Å². The smallest absolute Gasteiger partial charge is 0.268 e. The summed E-state index contributed by atoms with van der Waals surface area (Å²) in [5.41, 5.74) is 2.62. The highest BCUT2D eigenvalue weighted by Crippen LogP contribution is 2.25. The standard InChI is InChI=1S/C26H16ClFN6O/c27-18-9-11-20(12-10-18)33-24(17-14-29-32(16-17)22-8-4-5-19(28)13-22)31-25-23(26(33)35)15-30-34(25)21-6-2-1-3-7-21/h1-16H. The summed E-state index contributed by atoms with van der Waals surface area (Å²) in [6, 6.07) is 22.5. The number of nitrogens with zero attached hydrogens (tertiary/aromatic N) is 6. The molecule has 0 saturated heterocycles. The molecular formula is C26H16ClFN6O. The molecule has 0 saturated carbocycles. The number of fused-ring (bicyclic) bond motifs is 1. The lowest BCUT2D eigenvalue weighted by Gasteiger charge is -2.12. The van der Waals surface area contributed by atoms with E-state index in [1.807, 2.05) is 30.3 Å². The molecule has 35 heavy (non-hydrogen) atoms. The van der Waals surface area contributed by atoms with E-state index in [-0.39, 0.29) is 11.4 Å². The van der Waals surface area contributed by atoms with Gasteiger partial charge in [0, 0.05) is 11.2 Å². The van der Waals surface area contributed by atoms with Gasteiger partial charge in [-0.1, -0.05) is 35.9 Å². The largest absolute Gasteiger partial charge is 0.269 e. The van der Waals surface area contributed by atoms with Gasteiger partial charge in [0.2, 0.25) is 0 Å². The lowest BCUT2D eigenvalue weighted by atomic mass is 10.2. The zero-order valence-corrected chi connectivity index (χ0v) is 18.8. The molecule has 0 fully saturated rings. The van der Waals surface area contributed by atoms with E-state index in [1.54, 1.807) is 53.5 Å². The average Bonchev–Trinajstić information content (AvgIpc) is 3.53. The molecule has 170 valence electrons. The molecule has 0 spiro atoms. The van der Waals surface area contributed by atoms with Crippen molar-refractivity contribution in [3.63, 3.8) is 0 Å². The molecule has 0 unspecified atom stereocenters. The molecule has 0 bridgehead atoms. The molecule has 3 aromatic carbocycles. The predicted octanol–water partition coefficient (Wildman–Crippen LogP) is 5.22. The third-order valence-corrected chi connectivity index (χ3v) is 5.85. The highest BCUT2D eigenvalue weighted by Gasteiger charge is 2.20. The zero-order valence-electron chi connectivity index (χ0n) is 18.1. The first-order valence-electron chi connectivity index (χ1n) is 10.7. The molecule has 0 amide bonds. The van der Waals surface area contributed by atoms with Gasteiger partial charge in [0.05, 0.1) is 35.0 Å². The van der Waals surface area contributed by atoms with Crippen LogP contribution in [0.15, 0.2) is 102 Å². The minimum Gasteiger partial charge on any atom is -0.268 e. The number of benzene rings is 3. The molecule has 9 heteroatoms. The molecule has 0 aliphatic rings. The highest BCUT2D eigenvalue weighted by atomic mass is 35.5. The maximum absolute atomic E-state index is 13.8. The van der Waals surface area contributed by atoms with Gasteiger partial charge in [0.15, 0.2) is 11.5 Å². The maximum Gasteiger partial charge on any atom is 0.269 e. The Morgan fingerprint density at radius 1 is 0.800 bits per heavy atom. The lowest BCUT2D eigenvalue weighted by molar-refractivity contribution is 0.625. The van der Waals surface area contributed by atoms with E-state index in [2.05, 4.69) is 10.2 Å². The molecule has 3 aromatic heterocycles. The first kappa shape index (κ1) is 21.0. The van der Waals surface area contributed by atoms with Crippen molar-refractivity contribution in [3.8, 4) is 28.5 Å². The van der Waals surface area contributed by atoms with Crippen molar-refractivity contribution in [1.82, 2.24) is 29.1 Å². The quantitative estimate of drug-likeness (QED) is 0.345. The fourth-order valence-corrected chi connectivity index (χ4v) is 4.07. The van der Waals surface area contributed by atoms with E-state index < -0.39 is 0 Å². The van der Waals surface area contributed by atoms with Crippen molar-refractivity contribution in [2.24, 2.45) is 0 Å². The average molecular weight is 483 g/mol. The van der Waals surface area contributed by atoms with Crippen molar-refractivity contribution in [3.05, 3.63) is 119 Å². The normalized spacial score (nSPS) is 11.3. The van der Waals surface area contributed by atoms with Crippen LogP contribution in [0.5, 0.6) is 0 Å². The Bertz CT molecular complexity index is 1740. The monoisotopic (exact) mass is 482 g/mol. The van der Waals surface area contributed by atoms with Crippen LogP contribution in [0.2, 0.25) is 5.02 Å². The predicted molar refractivity (Wildman–Crippen MR) is 132 cm³/mol. The van der Waals surface area contributed by atoms with Gasteiger partial charge in [-0.25, -0.2) is 18.7 Å². The van der Waals surface area contributed by atoms with Gasteiger partial charge in [0.1, 0.15) is 11.2 Å². The Morgan fingerprint density at radius 2 is 1.57 bits per heavy atom. The SMILES string of the molecule is O=c1c2cnn(-c3ccccc3)c2nc(-c2cnn(-c3cccc(F)c3)c2)n1-c1ccc(Cl)cc1. The molecule has 0 aliphatic carbocycles. The van der Waals surface area contributed by atoms with E-state index in [1.165, 1.54) is 27.6 Å². The first-order chi connectivity index (χ1) is 17.1. The maximum atomic E-state index is 13.8. The number of hydrogen-bond acceptors (Lipinski definition) is 4. The summed E-state index contributed by atoms with van der Waals surface area (Å²) in [6.07, 6.45) is 4.82. The van der Waals surface area contributed by atoms with Gasteiger partial charge in [0.25, 0.3) is 5.56 Å². The number of rotatable bonds is 4. The molecule has 0 aliphatic heterocycles. The van der Waals surface area contributed by atoms with Crippen LogP contribution in [0, 0.1) is 5.82 Å². The Labute approximate surface area is 203 Å². The summed E-state index contributed by atoms with van der Waals surface area (Å²) in [5.74, 6) is -0.00548. The van der Waals surface area contributed by atoms with Crippen LogP contribution < -0.4 is 5.56 Å². The summed E-state index contributed by atoms with van der Waals surface area (Å²) in [4.78, 5) is 18.6. The summed E-state index contributed by atoms with van der Waals surface area (Å²) in [7, 11) is 0. The van der Waals surface area contributed by atoms with E-state index in [0.717, 1.165) is 5.69 Å². The molecule has 6 aromatic rings. The van der Waals surface area contributed by atoms with Crippen molar-refractivity contribution in [2.45, 2.75) is 0 Å². The Kier molecular flexibility index (Phi) is 5.00. The Morgan fingerprint density at radius 3 is 2.34 bits per heavy atom. The van der Waals surface area contributed by atoms with E-state index in [4.69, 9.17) is 16.6 Å². The van der Waals surface area contributed by atoms with Gasteiger partial charge in [-0.2, -0.15) is 10.2 Å². The van der Waals surface area contributed by atoms with Gasteiger partial charge >= 0.3 is 0 Å². The van der Waals surface area contributed by atoms with Gasteiger partial charge in [-0.05, 0) is 54.6 Å². The first-order valence-corrected chi connectivity index (χ1v) is 11.1. The van der Waals surface area contributed by atoms with Crippen LogP contribution >= 0.6 is 11.6 Å². The van der Waals surface area contributed by atoms with Crippen LogP contribution in [0.4, 0.5) is 4.39 Å². The van der Waals surface area contributed by atoms with Crippen molar-refractivity contribution >= 4 is 22.6 Å². The van der Waals surface area contributed by atoms with Crippen molar-refractivity contribution in [1.29, 1.82) is 0 Å². The number of para-hydroxylation sites is 1. The van der Waals surface area contributed by atoms with Crippen LogP contribution in [-0.4, -0.2) is 29.1 Å². The number of aromatic nitrogens is 6. The number of halogens is 2. The fraction of sp³-hybridized carbons (Fsp3) is 0. The minimum absolute atomic E-state index is 0.284. The molecule has 0 radical (unpaired) electrons. The summed E-state index contributed by atoms with van der Waals surface area (Å²) >= 11 is 6.09. The van der Waals surface area contributed by atoms with Crippen molar-refractivity contribution < 1.29 is 4.39 Å². The second-order valence-electron chi connectivity index (χ2n) is 7.84. The molecular weight excluding hydrogens is 467 g/mol. The third-order valence-electron chi connectivity index (χ3n) is 5.60. The second kappa shape index (κ2) is 8.34. The Balaban J connectivity index is 1.61. The highest BCUT2D eigenvalue weighted by molar-refractivity contribution is 6.30. The van der Waals surface area contributed by atoms with Crippen molar-refractivity contribution in [2.75, 3.05) is 0 Å². The molecule has 7 nitrogen and oxygen atoms in total. The molecule has 3 heterocycles. The summed E-state index contributed by atoms with van der Waals surface area (Å²) in [5, 5.41) is 9.73. The van der Waals surface area contributed by atoms with Crippen LogP contribution in [0.3, 0.4) is 0 Å². The molecule has 6 rings (SSSR count). The van der Waals surface area contributed by atoms with Gasteiger partial charge in [-0.15, -0.1) is 0 Å². The fourth-order valence-electron chi connectivity index (χ4n) is 3.95. The molecule has 0 atom stereocenters. The third kappa shape index (κ3) is 3.70. The Hall–Kier alpha value is -4.56. The van der Waals surface area contributed by atoms with E-state index in [9.17, 15) is 9.18 Å². The topological polar surface area (TPSA) is 70.5 Å². The lowest BCUT2D eigenvalue weighted by Crippen LogP contribution is -2.22. The zero-order chi connectivity index (χ0) is 23.9. The summed E-state index contributed by atoms with van der Waals surface area (Å²) < 4.78 is 18.4. The summed E-state index contributed by atoms with van der Waals surface area (Å²) in [6.45, 7) is 0. The second-order valence-corrected chi connectivity index (χ2v) is 8.27. The minimum atomic E-state index is -0.371. The van der Waals surface area contributed by atoms with Crippen LogP contribution in [-0.2, 0) is 0 Å². The van der Waals surface area contributed by atoms with E-state index >= 15 is 0 Å². The van der Waals surface area contributed by atoms with Gasteiger partial charge in [-0.3, -0.25) is 9.36 Å². The van der Waals surface area contributed by atoms with E-state index in [0.29, 0.717) is 38.8 Å².